The summed E-state index contributed by atoms with van der Waals surface area (Å²) in [4.78, 5) is 5.03. The number of rotatable bonds is 6. The van der Waals surface area contributed by atoms with Gasteiger partial charge in [-0.1, -0.05) is 129 Å². The lowest BCUT2D eigenvalue weighted by atomic mass is 9.66. The molecular weight excluding hydrogens is 621 g/mol. The minimum absolute atomic E-state index is 0.199. The molecule has 244 valence electrons. The lowest BCUT2D eigenvalue weighted by Crippen LogP contribution is -2.30. The minimum atomic E-state index is 0.199. The van der Waals surface area contributed by atoms with Crippen molar-refractivity contribution in [3.63, 3.8) is 0 Å². The number of hydrogen-bond acceptors (Lipinski definition) is 2. The first-order valence-electron chi connectivity index (χ1n) is 17.9. The Labute approximate surface area is 297 Å². The van der Waals surface area contributed by atoms with Gasteiger partial charge in [-0.2, -0.15) is 0 Å². The van der Waals surface area contributed by atoms with Crippen molar-refractivity contribution >= 4 is 32.9 Å². The summed E-state index contributed by atoms with van der Waals surface area (Å²) < 4.78 is 8.70. The van der Waals surface area contributed by atoms with Crippen LogP contribution in [0.5, 0.6) is 0 Å². The van der Waals surface area contributed by atoms with E-state index in [1.54, 1.807) is 0 Å². The molecule has 51 heavy (non-hydrogen) atoms. The van der Waals surface area contributed by atoms with Crippen LogP contribution in [0.1, 0.15) is 31.7 Å². The Morgan fingerprint density at radius 3 is 1.86 bits per heavy atom. The van der Waals surface area contributed by atoms with Crippen LogP contribution in [-0.2, 0) is 5.41 Å². The van der Waals surface area contributed by atoms with Gasteiger partial charge in [0.2, 0.25) is 5.89 Å². The van der Waals surface area contributed by atoms with Crippen LogP contribution in [0, 0.1) is 0 Å². The predicted octanol–water partition coefficient (Wildman–Crippen LogP) is 13.0. The molecule has 0 atom stereocenters. The van der Waals surface area contributed by atoms with Crippen LogP contribution in [0.3, 0.4) is 0 Å². The summed E-state index contributed by atoms with van der Waals surface area (Å²) in [5.41, 5.74) is 15.1. The second-order valence-corrected chi connectivity index (χ2v) is 14.2. The van der Waals surface area contributed by atoms with Gasteiger partial charge in [0.25, 0.3) is 0 Å². The molecule has 1 aliphatic rings. The van der Waals surface area contributed by atoms with Gasteiger partial charge in [-0.15, -0.1) is 0 Å². The fraction of sp³-hybridized carbons (Fsp3) is 0.104. The number of hydrogen-bond donors (Lipinski definition) is 0. The van der Waals surface area contributed by atoms with Gasteiger partial charge in [0.15, 0.2) is 5.58 Å². The smallest absolute Gasteiger partial charge is 0.227 e. The van der Waals surface area contributed by atoms with Gasteiger partial charge < -0.3 is 8.98 Å². The zero-order valence-electron chi connectivity index (χ0n) is 28.5. The van der Waals surface area contributed by atoms with Crippen LogP contribution in [0.4, 0.5) is 0 Å². The number of benzene rings is 7. The van der Waals surface area contributed by atoms with Crippen molar-refractivity contribution in [3.8, 4) is 50.5 Å². The van der Waals surface area contributed by atoms with E-state index in [2.05, 4.69) is 169 Å². The van der Waals surface area contributed by atoms with Crippen LogP contribution in [0.15, 0.2) is 168 Å². The zero-order chi connectivity index (χ0) is 33.9. The van der Waals surface area contributed by atoms with Gasteiger partial charge >= 0.3 is 0 Å². The Balaban J connectivity index is 1.04. The van der Waals surface area contributed by atoms with Crippen LogP contribution in [0.2, 0.25) is 0 Å². The first-order chi connectivity index (χ1) is 25.1. The molecule has 1 fully saturated rings. The van der Waals surface area contributed by atoms with Crippen molar-refractivity contribution in [3.05, 3.63) is 169 Å². The van der Waals surface area contributed by atoms with Gasteiger partial charge in [-0.25, -0.2) is 4.98 Å². The summed E-state index contributed by atoms with van der Waals surface area (Å²) >= 11 is 0. The molecule has 3 nitrogen and oxygen atoms in total. The standard InChI is InChI=1S/C48H36N2O/c1-48(29-12-30-48)42-20-11-22-45-46(42)49-47(51-45)33-25-23-32(24-26-33)36-15-5-7-17-38(36)39-18-8-6-16-37(39)34-27-28-44-41(31-34)40-19-9-10-21-43(40)50(44)35-13-3-2-4-14-35/h2-11,13-28,31H,12,29-30H2,1H3. The Bertz CT molecular complexity index is 2730. The maximum absolute atomic E-state index is 6.33. The van der Waals surface area contributed by atoms with Gasteiger partial charge in [0, 0.05) is 22.0 Å². The molecule has 2 heterocycles. The highest BCUT2D eigenvalue weighted by atomic mass is 16.3. The summed E-state index contributed by atoms with van der Waals surface area (Å²) in [6.07, 6.45) is 3.69. The molecule has 10 rings (SSSR count). The van der Waals surface area contributed by atoms with Crippen LogP contribution >= 0.6 is 0 Å². The van der Waals surface area contributed by atoms with Crippen molar-refractivity contribution < 1.29 is 4.42 Å². The molecule has 0 unspecified atom stereocenters. The van der Waals surface area contributed by atoms with Gasteiger partial charge in [-0.3, -0.25) is 0 Å². The SMILES string of the molecule is CC1(c2cccc3oc(-c4ccc(-c5ccccc5-c5ccccc5-c5ccc6c(c5)c5ccccc5n6-c5ccccc5)cc4)nc23)CCC1. The number of oxazole rings is 1. The van der Waals surface area contributed by atoms with Gasteiger partial charge in [0.05, 0.1) is 11.0 Å². The molecule has 0 aliphatic heterocycles. The van der Waals surface area contributed by atoms with Crippen LogP contribution in [0.25, 0.3) is 83.4 Å². The molecule has 2 aromatic heterocycles. The average molecular weight is 657 g/mol. The Morgan fingerprint density at radius 1 is 0.529 bits per heavy atom. The number of aromatic nitrogens is 2. The van der Waals surface area contributed by atoms with Crippen LogP contribution in [-0.4, -0.2) is 9.55 Å². The first kappa shape index (κ1) is 29.7. The molecule has 1 aliphatic carbocycles. The summed E-state index contributed by atoms with van der Waals surface area (Å²) in [5.74, 6) is 0.676. The topological polar surface area (TPSA) is 31.0 Å². The van der Waals surface area contributed by atoms with E-state index in [9.17, 15) is 0 Å². The quantitative estimate of drug-likeness (QED) is 0.178. The van der Waals surface area contributed by atoms with Crippen molar-refractivity contribution in [1.82, 2.24) is 9.55 Å². The molecule has 0 saturated heterocycles. The molecule has 7 aromatic carbocycles. The Morgan fingerprint density at radius 2 is 1.14 bits per heavy atom. The lowest BCUT2D eigenvalue weighted by Gasteiger charge is -2.38. The first-order valence-corrected chi connectivity index (χ1v) is 17.9. The fourth-order valence-electron chi connectivity index (χ4n) is 8.26. The minimum Gasteiger partial charge on any atom is -0.436 e. The highest BCUT2D eigenvalue weighted by Gasteiger charge is 2.36. The summed E-state index contributed by atoms with van der Waals surface area (Å²) in [7, 11) is 0. The molecular formula is C48H36N2O. The Kier molecular flexibility index (Phi) is 6.82. The molecule has 0 spiro atoms. The lowest BCUT2D eigenvalue weighted by molar-refractivity contribution is 0.274. The fourth-order valence-corrected chi connectivity index (χ4v) is 8.26. The number of fused-ring (bicyclic) bond motifs is 4. The molecule has 0 N–H and O–H groups in total. The van der Waals surface area contributed by atoms with Gasteiger partial charge in [-0.05, 0) is 106 Å². The molecule has 0 amide bonds. The van der Waals surface area contributed by atoms with E-state index in [1.807, 2.05) is 6.07 Å². The summed E-state index contributed by atoms with van der Waals surface area (Å²) in [6, 6.07) is 58.8. The normalized spacial score (nSPS) is 13.9. The molecule has 0 bridgehead atoms. The number of para-hydroxylation sites is 3. The average Bonchev–Trinajstić information content (AvgIpc) is 3.77. The van der Waals surface area contributed by atoms with Crippen LogP contribution < -0.4 is 0 Å². The molecule has 1 saturated carbocycles. The second kappa shape index (κ2) is 11.7. The van der Waals surface area contributed by atoms with E-state index in [1.165, 1.54) is 80.1 Å². The largest absolute Gasteiger partial charge is 0.436 e. The summed E-state index contributed by atoms with van der Waals surface area (Å²) in [5, 5.41) is 2.50. The van der Waals surface area contributed by atoms with E-state index in [0.29, 0.717) is 5.89 Å². The van der Waals surface area contributed by atoms with Crippen molar-refractivity contribution in [2.24, 2.45) is 0 Å². The van der Waals surface area contributed by atoms with Crippen molar-refractivity contribution in [2.45, 2.75) is 31.6 Å². The maximum atomic E-state index is 6.33. The van der Waals surface area contributed by atoms with E-state index < -0.39 is 0 Å². The van der Waals surface area contributed by atoms with E-state index in [0.717, 1.165) is 22.2 Å². The maximum Gasteiger partial charge on any atom is 0.227 e. The third-order valence-electron chi connectivity index (χ3n) is 11.1. The molecule has 3 heteroatoms. The summed E-state index contributed by atoms with van der Waals surface area (Å²) in [6.45, 7) is 2.35. The van der Waals surface area contributed by atoms with Crippen molar-refractivity contribution in [1.29, 1.82) is 0 Å². The second-order valence-electron chi connectivity index (χ2n) is 14.2. The van der Waals surface area contributed by atoms with Gasteiger partial charge in [0.1, 0.15) is 5.52 Å². The third kappa shape index (κ3) is 4.84. The highest BCUT2D eigenvalue weighted by Crippen LogP contribution is 2.46. The predicted molar refractivity (Wildman–Crippen MR) is 211 cm³/mol. The molecule has 9 aromatic rings. The molecule has 0 radical (unpaired) electrons. The number of nitrogens with zero attached hydrogens (tertiary/aromatic N) is 2. The van der Waals surface area contributed by atoms with E-state index in [4.69, 9.17) is 9.40 Å². The van der Waals surface area contributed by atoms with E-state index >= 15 is 0 Å². The van der Waals surface area contributed by atoms with E-state index in [-0.39, 0.29) is 5.41 Å². The zero-order valence-corrected chi connectivity index (χ0v) is 28.5. The Hall–Kier alpha value is -6.19. The highest BCUT2D eigenvalue weighted by molar-refractivity contribution is 6.11. The monoisotopic (exact) mass is 656 g/mol. The third-order valence-corrected chi connectivity index (χ3v) is 11.1. The van der Waals surface area contributed by atoms with Crippen molar-refractivity contribution in [2.75, 3.05) is 0 Å².